The van der Waals surface area contributed by atoms with E-state index in [1.165, 1.54) is 5.56 Å². The fourth-order valence-corrected chi connectivity index (χ4v) is 3.37. The van der Waals surface area contributed by atoms with Gasteiger partial charge in [0.25, 0.3) is 0 Å². The normalized spacial score (nSPS) is 29.3. The predicted molar refractivity (Wildman–Crippen MR) is 78.6 cm³/mol. The van der Waals surface area contributed by atoms with E-state index in [4.69, 9.17) is 10.5 Å². The molecule has 1 aromatic carbocycles. The summed E-state index contributed by atoms with van der Waals surface area (Å²) in [6, 6.07) is 8.11. The van der Waals surface area contributed by atoms with E-state index in [9.17, 15) is 4.79 Å². The number of benzene rings is 1. The van der Waals surface area contributed by atoms with Crippen molar-refractivity contribution in [3.63, 3.8) is 0 Å². The van der Waals surface area contributed by atoms with E-state index >= 15 is 0 Å². The van der Waals surface area contributed by atoms with Gasteiger partial charge in [-0.15, -0.1) is 0 Å². The minimum absolute atomic E-state index is 0.0154. The van der Waals surface area contributed by atoms with Crippen LogP contribution in [0.3, 0.4) is 0 Å². The molecule has 4 heteroatoms. The van der Waals surface area contributed by atoms with Gasteiger partial charge in [-0.2, -0.15) is 0 Å². The molecule has 2 heterocycles. The van der Waals surface area contributed by atoms with Crippen molar-refractivity contribution in [3.8, 4) is 0 Å². The van der Waals surface area contributed by atoms with E-state index in [-0.39, 0.29) is 24.0 Å². The summed E-state index contributed by atoms with van der Waals surface area (Å²) in [5.41, 5.74) is 8.32. The molecule has 1 fully saturated rings. The van der Waals surface area contributed by atoms with Crippen LogP contribution in [0.1, 0.15) is 25.3 Å². The summed E-state index contributed by atoms with van der Waals surface area (Å²) in [6.45, 7) is 3.38. The molecule has 1 amide bonds. The zero-order chi connectivity index (χ0) is 14.1. The number of nitrogens with zero attached hydrogens (tertiary/aromatic N) is 1. The predicted octanol–water partition coefficient (Wildman–Crippen LogP) is 1.72. The molecule has 0 radical (unpaired) electrons. The summed E-state index contributed by atoms with van der Waals surface area (Å²) in [5, 5.41) is 0. The first-order chi connectivity index (χ1) is 9.70. The quantitative estimate of drug-likeness (QED) is 0.893. The van der Waals surface area contributed by atoms with Gasteiger partial charge in [0, 0.05) is 24.9 Å². The molecule has 4 nitrogen and oxygen atoms in total. The molecular weight excluding hydrogens is 252 g/mol. The number of anilines is 1. The lowest BCUT2D eigenvalue weighted by Gasteiger charge is -2.35. The third-order valence-corrected chi connectivity index (χ3v) is 4.38. The average molecular weight is 274 g/mol. The molecule has 0 aliphatic carbocycles. The Morgan fingerprint density at radius 1 is 1.45 bits per heavy atom. The summed E-state index contributed by atoms with van der Waals surface area (Å²) in [6.07, 6.45) is 2.62. The highest BCUT2D eigenvalue weighted by Gasteiger charge is 2.38. The monoisotopic (exact) mass is 274 g/mol. The van der Waals surface area contributed by atoms with Crippen LogP contribution in [-0.2, 0) is 16.0 Å². The lowest BCUT2D eigenvalue weighted by molar-refractivity contribution is -0.124. The zero-order valence-corrected chi connectivity index (χ0v) is 11.9. The molecule has 3 unspecified atom stereocenters. The molecule has 2 aliphatic rings. The van der Waals surface area contributed by atoms with Crippen LogP contribution in [0.4, 0.5) is 5.69 Å². The third kappa shape index (κ3) is 2.34. The highest BCUT2D eigenvalue weighted by molar-refractivity contribution is 5.96. The molecule has 2 N–H and O–H groups in total. The molecule has 108 valence electrons. The molecule has 0 saturated carbocycles. The van der Waals surface area contributed by atoms with Gasteiger partial charge in [-0.3, -0.25) is 4.79 Å². The van der Waals surface area contributed by atoms with Crippen molar-refractivity contribution in [1.29, 1.82) is 0 Å². The third-order valence-electron chi connectivity index (χ3n) is 4.38. The number of hydrogen-bond acceptors (Lipinski definition) is 3. The first kappa shape index (κ1) is 13.6. The highest BCUT2D eigenvalue weighted by Crippen LogP contribution is 2.31. The first-order valence-corrected chi connectivity index (χ1v) is 7.47. The first-order valence-electron chi connectivity index (χ1n) is 7.47. The topological polar surface area (TPSA) is 55.6 Å². The van der Waals surface area contributed by atoms with Crippen molar-refractivity contribution in [2.24, 2.45) is 11.7 Å². The van der Waals surface area contributed by atoms with Gasteiger partial charge in [0.15, 0.2) is 0 Å². The second-order valence-corrected chi connectivity index (χ2v) is 5.75. The average Bonchev–Trinajstić information content (AvgIpc) is 2.94. The van der Waals surface area contributed by atoms with Crippen LogP contribution in [0.25, 0.3) is 0 Å². The summed E-state index contributed by atoms with van der Waals surface area (Å²) in [4.78, 5) is 14.7. The van der Waals surface area contributed by atoms with Gasteiger partial charge in [0.05, 0.1) is 12.0 Å². The Kier molecular flexibility index (Phi) is 3.76. The Bertz CT molecular complexity index is 503. The Labute approximate surface area is 119 Å². The SMILES string of the molecule is CCC1OCCC1C(=O)N1CC(N)Cc2ccccc21. The summed E-state index contributed by atoms with van der Waals surface area (Å²) < 4.78 is 5.66. The van der Waals surface area contributed by atoms with Crippen LogP contribution in [0.2, 0.25) is 0 Å². The van der Waals surface area contributed by atoms with Gasteiger partial charge in [0.1, 0.15) is 0 Å². The maximum atomic E-state index is 12.9. The maximum absolute atomic E-state index is 12.9. The molecule has 3 atom stereocenters. The Balaban J connectivity index is 1.88. The van der Waals surface area contributed by atoms with E-state index in [0.717, 1.165) is 24.9 Å². The molecule has 1 saturated heterocycles. The Morgan fingerprint density at radius 2 is 2.25 bits per heavy atom. The maximum Gasteiger partial charge on any atom is 0.232 e. The Hall–Kier alpha value is -1.39. The number of amides is 1. The smallest absolute Gasteiger partial charge is 0.232 e. The van der Waals surface area contributed by atoms with Gasteiger partial charge in [-0.1, -0.05) is 25.1 Å². The van der Waals surface area contributed by atoms with E-state index in [0.29, 0.717) is 13.2 Å². The number of nitrogens with two attached hydrogens (primary N) is 1. The second-order valence-electron chi connectivity index (χ2n) is 5.75. The summed E-state index contributed by atoms with van der Waals surface area (Å²) in [7, 11) is 0. The van der Waals surface area contributed by atoms with Crippen LogP contribution in [0.15, 0.2) is 24.3 Å². The second kappa shape index (κ2) is 5.54. The van der Waals surface area contributed by atoms with Gasteiger partial charge in [-0.25, -0.2) is 0 Å². The fraction of sp³-hybridized carbons (Fsp3) is 0.562. The van der Waals surface area contributed by atoms with E-state index in [1.807, 2.05) is 23.1 Å². The standard InChI is InChI=1S/C16H22N2O2/c1-2-15-13(7-8-20-15)16(19)18-10-12(17)9-11-5-3-4-6-14(11)18/h3-6,12-13,15H,2,7-10,17H2,1H3. The minimum atomic E-state index is -0.0154. The lowest BCUT2D eigenvalue weighted by atomic mass is 9.93. The number of carbonyl (C=O) groups is 1. The van der Waals surface area contributed by atoms with Crippen molar-refractivity contribution < 1.29 is 9.53 Å². The highest BCUT2D eigenvalue weighted by atomic mass is 16.5. The molecule has 20 heavy (non-hydrogen) atoms. The molecule has 0 aromatic heterocycles. The number of fused-ring (bicyclic) bond motifs is 1. The van der Waals surface area contributed by atoms with Gasteiger partial charge in [-0.05, 0) is 30.9 Å². The fourth-order valence-electron chi connectivity index (χ4n) is 3.37. The largest absolute Gasteiger partial charge is 0.377 e. The Morgan fingerprint density at radius 3 is 3.05 bits per heavy atom. The molecule has 0 spiro atoms. The van der Waals surface area contributed by atoms with Crippen LogP contribution < -0.4 is 10.6 Å². The lowest BCUT2D eigenvalue weighted by Crippen LogP contribution is -2.49. The van der Waals surface area contributed by atoms with Crippen LogP contribution in [0, 0.1) is 5.92 Å². The summed E-state index contributed by atoms with van der Waals surface area (Å²) >= 11 is 0. The molecule has 1 aromatic rings. The molecule has 3 rings (SSSR count). The van der Waals surface area contributed by atoms with Crippen molar-refractivity contribution in [1.82, 2.24) is 0 Å². The minimum Gasteiger partial charge on any atom is -0.377 e. The van der Waals surface area contributed by atoms with E-state index in [2.05, 4.69) is 13.0 Å². The van der Waals surface area contributed by atoms with Crippen LogP contribution in [-0.4, -0.2) is 31.2 Å². The van der Waals surface area contributed by atoms with E-state index in [1.54, 1.807) is 0 Å². The van der Waals surface area contributed by atoms with E-state index < -0.39 is 0 Å². The van der Waals surface area contributed by atoms with Gasteiger partial charge >= 0.3 is 0 Å². The number of rotatable bonds is 2. The number of ether oxygens (including phenoxy) is 1. The van der Waals surface area contributed by atoms with Crippen LogP contribution >= 0.6 is 0 Å². The number of para-hydroxylation sites is 1. The van der Waals surface area contributed by atoms with Gasteiger partial charge in [0.2, 0.25) is 5.91 Å². The number of carbonyl (C=O) groups excluding carboxylic acids is 1. The number of hydrogen-bond donors (Lipinski definition) is 1. The molecule has 2 aliphatic heterocycles. The summed E-state index contributed by atoms with van der Waals surface area (Å²) in [5.74, 6) is 0.162. The van der Waals surface area contributed by atoms with Crippen molar-refractivity contribution in [2.45, 2.75) is 38.3 Å². The zero-order valence-electron chi connectivity index (χ0n) is 11.9. The van der Waals surface area contributed by atoms with Gasteiger partial charge < -0.3 is 15.4 Å². The molecular formula is C16H22N2O2. The van der Waals surface area contributed by atoms with Crippen molar-refractivity contribution in [3.05, 3.63) is 29.8 Å². The molecule has 0 bridgehead atoms. The van der Waals surface area contributed by atoms with Crippen molar-refractivity contribution in [2.75, 3.05) is 18.1 Å². The van der Waals surface area contributed by atoms with Crippen molar-refractivity contribution >= 4 is 11.6 Å². The van der Waals surface area contributed by atoms with Crippen LogP contribution in [0.5, 0.6) is 0 Å².